The minimum absolute atomic E-state index is 0.175. The standard InChI is InChI=1S/C7H7ClN4O2/c8-6-9-3-5(4-10-6)1-2-11-12-7(13)14/h2-4,12H,1H2,(H,13,14). The van der Waals surface area contributed by atoms with Crippen LogP contribution in [0.25, 0.3) is 0 Å². The molecule has 0 radical (unpaired) electrons. The van der Waals surface area contributed by atoms with Gasteiger partial charge in [-0.25, -0.2) is 20.2 Å². The van der Waals surface area contributed by atoms with Crippen molar-refractivity contribution >= 4 is 23.9 Å². The summed E-state index contributed by atoms with van der Waals surface area (Å²) < 4.78 is 0. The normalized spacial score (nSPS) is 10.4. The van der Waals surface area contributed by atoms with Crippen molar-refractivity contribution in [2.45, 2.75) is 6.42 Å². The average molecular weight is 215 g/mol. The van der Waals surface area contributed by atoms with Crippen LogP contribution in [0.1, 0.15) is 5.56 Å². The molecular formula is C7H7ClN4O2. The number of rotatable bonds is 3. The lowest BCUT2D eigenvalue weighted by atomic mass is 10.3. The third-order valence-corrected chi connectivity index (χ3v) is 1.45. The Morgan fingerprint density at radius 3 is 2.86 bits per heavy atom. The number of hydrazone groups is 1. The molecule has 0 saturated carbocycles. The zero-order valence-corrected chi connectivity index (χ0v) is 7.77. The summed E-state index contributed by atoms with van der Waals surface area (Å²) in [5, 5.41) is 11.8. The van der Waals surface area contributed by atoms with Gasteiger partial charge in [0.05, 0.1) is 0 Å². The smallest absolute Gasteiger partial charge is 0.425 e. The number of carbonyl (C=O) groups is 1. The maximum absolute atomic E-state index is 9.99. The summed E-state index contributed by atoms with van der Waals surface area (Å²) in [5.74, 6) is 0. The number of hydrogen-bond donors (Lipinski definition) is 2. The molecule has 74 valence electrons. The first-order valence-electron chi connectivity index (χ1n) is 3.65. The van der Waals surface area contributed by atoms with E-state index in [4.69, 9.17) is 16.7 Å². The summed E-state index contributed by atoms with van der Waals surface area (Å²) in [5.41, 5.74) is 2.64. The molecule has 1 heterocycles. The fourth-order valence-corrected chi connectivity index (χ4v) is 0.794. The second kappa shape index (κ2) is 5.13. The van der Waals surface area contributed by atoms with Gasteiger partial charge >= 0.3 is 6.09 Å². The highest BCUT2D eigenvalue weighted by Crippen LogP contribution is 1.99. The fourth-order valence-electron chi connectivity index (χ4n) is 0.696. The van der Waals surface area contributed by atoms with Gasteiger partial charge in [-0.05, 0) is 17.2 Å². The summed E-state index contributed by atoms with van der Waals surface area (Å²) in [7, 11) is 0. The number of carboxylic acid groups (broad SMARTS) is 1. The van der Waals surface area contributed by atoms with Crippen molar-refractivity contribution in [3.63, 3.8) is 0 Å². The van der Waals surface area contributed by atoms with Crippen LogP contribution < -0.4 is 5.43 Å². The van der Waals surface area contributed by atoms with Gasteiger partial charge in [0.15, 0.2) is 0 Å². The quantitative estimate of drug-likeness (QED) is 0.445. The van der Waals surface area contributed by atoms with Crippen LogP contribution in [0, 0.1) is 0 Å². The Balaban J connectivity index is 2.42. The molecule has 7 heteroatoms. The Morgan fingerprint density at radius 2 is 2.29 bits per heavy atom. The van der Waals surface area contributed by atoms with E-state index in [2.05, 4.69) is 15.1 Å². The van der Waals surface area contributed by atoms with Gasteiger partial charge in [0.2, 0.25) is 5.28 Å². The second-order valence-electron chi connectivity index (χ2n) is 2.29. The van der Waals surface area contributed by atoms with Gasteiger partial charge in [-0.3, -0.25) is 0 Å². The Labute approximate surface area is 84.6 Å². The predicted molar refractivity (Wildman–Crippen MR) is 50.4 cm³/mol. The molecule has 0 fully saturated rings. The monoisotopic (exact) mass is 214 g/mol. The minimum atomic E-state index is -1.20. The molecule has 0 aliphatic rings. The highest BCUT2D eigenvalue weighted by atomic mass is 35.5. The zero-order chi connectivity index (χ0) is 10.4. The van der Waals surface area contributed by atoms with Gasteiger partial charge in [-0.2, -0.15) is 5.10 Å². The molecule has 6 nitrogen and oxygen atoms in total. The zero-order valence-electron chi connectivity index (χ0n) is 7.01. The van der Waals surface area contributed by atoms with Crippen LogP contribution in [0.15, 0.2) is 17.5 Å². The van der Waals surface area contributed by atoms with E-state index < -0.39 is 6.09 Å². The average Bonchev–Trinajstić information content (AvgIpc) is 2.15. The first kappa shape index (κ1) is 10.4. The molecule has 0 bridgehead atoms. The van der Waals surface area contributed by atoms with E-state index in [0.29, 0.717) is 6.42 Å². The second-order valence-corrected chi connectivity index (χ2v) is 2.63. The molecule has 0 atom stereocenters. The van der Waals surface area contributed by atoms with Crippen LogP contribution in [-0.4, -0.2) is 27.4 Å². The van der Waals surface area contributed by atoms with E-state index in [0.717, 1.165) is 5.56 Å². The lowest BCUT2D eigenvalue weighted by Gasteiger charge is -1.94. The lowest BCUT2D eigenvalue weighted by Crippen LogP contribution is -2.13. The van der Waals surface area contributed by atoms with E-state index in [1.807, 2.05) is 5.43 Å². The largest absolute Gasteiger partial charge is 0.464 e. The molecule has 0 aliphatic heterocycles. The van der Waals surface area contributed by atoms with Gasteiger partial charge in [-0.15, -0.1) is 0 Å². The molecule has 1 aromatic heterocycles. The molecule has 14 heavy (non-hydrogen) atoms. The van der Waals surface area contributed by atoms with Crippen LogP contribution in [-0.2, 0) is 6.42 Å². The lowest BCUT2D eigenvalue weighted by molar-refractivity contribution is 0.195. The van der Waals surface area contributed by atoms with Crippen LogP contribution in [0.5, 0.6) is 0 Å². The van der Waals surface area contributed by atoms with Crippen molar-refractivity contribution in [1.82, 2.24) is 15.4 Å². The minimum Gasteiger partial charge on any atom is -0.464 e. The molecule has 2 N–H and O–H groups in total. The van der Waals surface area contributed by atoms with E-state index in [1.165, 1.54) is 6.21 Å². The van der Waals surface area contributed by atoms with Crippen molar-refractivity contribution in [2.24, 2.45) is 5.10 Å². The fraction of sp³-hybridized carbons (Fsp3) is 0.143. The molecule has 1 rings (SSSR count). The Hall–Kier alpha value is -1.69. The van der Waals surface area contributed by atoms with Gasteiger partial charge in [0.25, 0.3) is 0 Å². The summed E-state index contributed by atoms with van der Waals surface area (Å²) in [6.07, 6.45) is 3.73. The molecule has 1 amide bonds. The van der Waals surface area contributed by atoms with Crippen molar-refractivity contribution in [3.8, 4) is 0 Å². The van der Waals surface area contributed by atoms with Gasteiger partial charge in [0, 0.05) is 25.0 Å². The number of amides is 1. The summed E-state index contributed by atoms with van der Waals surface area (Å²) >= 11 is 5.47. The van der Waals surface area contributed by atoms with Crippen LogP contribution >= 0.6 is 11.6 Å². The molecule has 0 unspecified atom stereocenters. The maximum atomic E-state index is 9.99. The van der Waals surface area contributed by atoms with E-state index in [9.17, 15) is 4.79 Å². The van der Waals surface area contributed by atoms with E-state index in [-0.39, 0.29) is 5.28 Å². The number of nitrogens with one attached hydrogen (secondary N) is 1. The Kier molecular flexibility index (Phi) is 3.81. The van der Waals surface area contributed by atoms with Crippen LogP contribution in [0.3, 0.4) is 0 Å². The maximum Gasteiger partial charge on any atom is 0.425 e. The van der Waals surface area contributed by atoms with Gasteiger partial charge in [0.1, 0.15) is 0 Å². The SMILES string of the molecule is O=C(O)NN=CCc1cnc(Cl)nc1. The van der Waals surface area contributed by atoms with Crippen LogP contribution in [0.4, 0.5) is 4.79 Å². The third kappa shape index (κ3) is 3.81. The van der Waals surface area contributed by atoms with E-state index in [1.54, 1.807) is 12.4 Å². The molecule has 0 saturated heterocycles. The van der Waals surface area contributed by atoms with Crippen molar-refractivity contribution in [1.29, 1.82) is 0 Å². The predicted octanol–water partition coefficient (Wildman–Crippen LogP) is 0.926. The van der Waals surface area contributed by atoms with Gasteiger partial charge in [-0.1, -0.05) is 0 Å². The number of halogens is 1. The van der Waals surface area contributed by atoms with Gasteiger partial charge < -0.3 is 5.11 Å². The number of hydrogen-bond acceptors (Lipinski definition) is 4. The highest BCUT2D eigenvalue weighted by molar-refractivity contribution is 6.28. The highest BCUT2D eigenvalue weighted by Gasteiger charge is 1.93. The Bertz CT molecular complexity index is 338. The molecule has 0 spiro atoms. The van der Waals surface area contributed by atoms with E-state index >= 15 is 0 Å². The number of aromatic nitrogens is 2. The summed E-state index contributed by atoms with van der Waals surface area (Å²) in [6, 6.07) is 0. The van der Waals surface area contributed by atoms with Crippen molar-refractivity contribution in [3.05, 3.63) is 23.2 Å². The summed E-state index contributed by atoms with van der Waals surface area (Å²) in [6.45, 7) is 0. The van der Waals surface area contributed by atoms with Crippen molar-refractivity contribution < 1.29 is 9.90 Å². The third-order valence-electron chi connectivity index (χ3n) is 1.25. The molecule has 0 aromatic carbocycles. The topological polar surface area (TPSA) is 87.5 Å². The first-order valence-corrected chi connectivity index (χ1v) is 4.03. The van der Waals surface area contributed by atoms with Crippen molar-refractivity contribution in [2.75, 3.05) is 0 Å². The first-order chi connectivity index (χ1) is 6.68. The number of nitrogens with zero attached hydrogens (tertiary/aromatic N) is 3. The summed E-state index contributed by atoms with van der Waals surface area (Å²) in [4.78, 5) is 17.5. The molecule has 0 aliphatic carbocycles. The molecular weight excluding hydrogens is 208 g/mol. The Morgan fingerprint density at radius 1 is 1.64 bits per heavy atom. The van der Waals surface area contributed by atoms with Crippen LogP contribution in [0.2, 0.25) is 5.28 Å². The molecule has 1 aromatic rings.